The van der Waals surface area contributed by atoms with Crippen LogP contribution >= 0.6 is 0 Å². The summed E-state index contributed by atoms with van der Waals surface area (Å²) in [7, 11) is 1.40. The summed E-state index contributed by atoms with van der Waals surface area (Å²) >= 11 is 0. The maximum atomic E-state index is 12.9. The smallest absolute Gasteiger partial charge is 0.435 e. The van der Waals surface area contributed by atoms with Crippen LogP contribution in [-0.4, -0.2) is 15.8 Å². The third kappa shape index (κ3) is 3.39. The van der Waals surface area contributed by atoms with Gasteiger partial charge in [-0.25, -0.2) is 4.79 Å². The Bertz CT molecular complexity index is 735. The van der Waals surface area contributed by atoms with Gasteiger partial charge >= 0.3 is 12.2 Å². The van der Waals surface area contributed by atoms with Crippen molar-refractivity contribution in [2.75, 3.05) is 0 Å². The van der Waals surface area contributed by atoms with Crippen LogP contribution in [0.25, 0.3) is 0 Å². The third-order valence-corrected chi connectivity index (χ3v) is 3.97. The Morgan fingerprint density at radius 3 is 3.04 bits per heavy atom. The summed E-state index contributed by atoms with van der Waals surface area (Å²) in [6.07, 6.45) is 0.745. The minimum Gasteiger partial charge on any atom is -0.469 e. The summed E-state index contributed by atoms with van der Waals surface area (Å²) in [5.41, 5.74) is -0.137. The molecule has 1 atom stereocenters. The molecule has 0 saturated heterocycles. The fourth-order valence-corrected chi connectivity index (χ4v) is 2.93. The molecule has 1 aliphatic carbocycles. The van der Waals surface area contributed by atoms with Gasteiger partial charge < -0.3 is 15.1 Å². The van der Waals surface area contributed by atoms with Crippen molar-refractivity contribution in [2.24, 2.45) is 7.05 Å². The molecule has 1 aliphatic rings. The number of amides is 2. The average Bonchev–Trinajstić information content (AvgIpc) is 3.11. The molecule has 24 heavy (non-hydrogen) atoms. The average molecular weight is 342 g/mol. The van der Waals surface area contributed by atoms with Gasteiger partial charge in [-0.15, -0.1) is 0 Å². The summed E-state index contributed by atoms with van der Waals surface area (Å²) in [4.78, 5) is 12.0. The van der Waals surface area contributed by atoms with Crippen LogP contribution in [-0.2, 0) is 26.2 Å². The predicted molar refractivity (Wildman–Crippen MR) is 78.0 cm³/mol. The Labute approximate surface area is 136 Å². The Hall–Kier alpha value is -2.45. The van der Waals surface area contributed by atoms with Gasteiger partial charge in [-0.1, -0.05) is 0 Å². The van der Waals surface area contributed by atoms with E-state index >= 15 is 0 Å². The van der Waals surface area contributed by atoms with E-state index in [0.29, 0.717) is 0 Å². The minimum atomic E-state index is -4.55. The second-order valence-electron chi connectivity index (χ2n) is 5.75. The van der Waals surface area contributed by atoms with E-state index in [2.05, 4.69) is 15.7 Å². The number of aromatic nitrogens is 2. The van der Waals surface area contributed by atoms with Crippen LogP contribution in [0.1, 0.15) is 41.5 Å². The van der Waals surface area contributed by atoms with Crippen molar-refractivity contribution in [1.82, 2.24) is 20.4 Å². The lowest BCUT2D eigenvalue weighted by Crippen LogP contribution is -2.38. The molecule has 0 bridgehead atoms. The summed E-state index contributed by atoms with van der Waals surface area (Å²) in [5.74, 6) is 0.846. The highest BCUT2D eigenvalue weighted by atomic mass is 19.4. The van der Waals surface area contributed by atoms with Gasteiger partial charge in [0.2, 0.25) is 0 Å². The first kappa shape index (κ1) is 16.4. The van der Waals surface area contributed by atoms with Gasteiger partial charge in [0.1, 0.15) is 5.76 Å². The van der Waals surface area contributed by atoms with Crippen molar-refractivity contribution >= 4 is 6.03 Å². The summed E-state index contributed by atoms with van der Waals surface area (Å²) < 4.78 is 45.0. The van der Waals surface area contributed by atoms with Gasteiger partial charge in [0.25, 0.3) is 0 Å². The largest absolute Gasteiger partial charge is 0.469 e. The van der Waals surface area contributed by atoms with Gasteiger partial charge in [-0.3, -0.25) is 4.68 Å². The molecule has 0 radical (unpaired) electrons. The number of fused-ring (bicyclic) bond motifs is 1. The number of furan rings is 1. The lowest BCUT2D eigenvalue weighted by atomic mass is 9.93. The van der Waals surface area contributed by atoms with Crippen molar-refractivity contribution in [3.63, 3.8) is 0 Å². The van der Waals surface area contributed by atoms with E-state index in [0.717, 1.165) is 35.3 Å². The van der Waals surface area contributed by atoms with Crippen LogP contribution in [0.15, 0.2) is 22.9 Å². The number of hydrogen-bond donors (Lipinski definition) is 2. The van der Waals surface area contributed by atoms with E-state index in [1.165, 1.54) is 13.2 Å². The zero-order chi connectivity index (χ0) is 17.3. The van der Waals surface area contributed by atoms with Gasteiger partial charge in [-0.2, -0.15) is 18.3 Å². The molecule has 2 heterocycles. The molecule has 6 nitrogen and oxygen atoms in total. The first-order valence-electron chi connectivity index (χ1n) is 7.55. The normalized spacial score (nSPS) is 17.4. The highest BCUT2D eigenvalue weighted by molar-refractivity contribution is 5.74. The quantitative estimate of drug-likeness (QED) is 0.901. The third-order valence-electron chi connectivity index (χ3n) is 3.97. The maximum Gasteiger partial charge on any atom is 0.435 e. The second-order valence-corrected chi connectivity index (χ2v) is 5.75. The predicted octanol–water partition coefficient (Wildman–Crippen LogP) is 2.91. The van der Waals surface area contributed by atoms with Crippen LogP contribution < -0.4 is 10.6 Å². The number of alkyl halides is 3. The Morgan fingerprint density at radius 2 is 2.29 bits per heavy atom. The molecular weight excluding hydrogens is 325 g/mol. The number of rotatable bonds is 3. The number of aryl methyl sites for hydroxylation is 2. The second kappa shape index (κ2) is 6.21. The van der Waals surface area contributed by atoms with Crippen molar-refractivity contribution in [1.29, 1.82) is 0 Å². The van der Waals surface area contributed by atoms with Crippen LogP contribution in [0.2, 0.25) is 0 Å². The molecule has 0 spiro atoms. The van der Waals surface area contributed by atoms with Crippen LogP contribution in [0, 0.1) is 0 Å². The van der Waals surface area contributed by atoms with Crippen molar-refractivity contribution < 1.29 is 22.4 Å². The van der Waals surface area contributed by atoms with Crippen molar-refractivity contribution in [3.8, 4) is 0 Å². The molecule has 2 aromatic rings. The maximum absolute atomic E-state index is 12.9. The van der Waals surface area contributed by atoms with Gasteiger partial charge in [0.05, 0.1) is 12.3 Å². The van der Waals surface area contributed by atoms with Gasteiger partial charge in [0.15, 0.2) is 5.69 Å². The van der Waals surface area contributed by atoms with E-state index in [1.807, 2.05) is 6.07 Å². The fourth-order valence-electron chi connectivity index (χ4n) is 2.93. The molecule has 2 amide bonds. The molecule has 0 fully saturated rings. The number of carbonyl (C=O) groups is 1. The number of nitrogens with one attached hydrogen (secondary N) is 2. The summed E-state index contributed by atoms with van der Waals surface area (Å²) in [6.45, 7) is -0.251. The number of carbonyl (C=O) groups excluding carboxylic acids is 1. The number of halogens is 3. The van der Waals surface area contributed by atoms with Crippen LogP contribution in [0.4, 0.5) is 18.0 Å². The first-order chi connectivity index (χ1) is 11.3. The molecule has 3 rings (SSSR count). The van der Waals surface area contributed by atoms with E-state index in [4.69, 9.17) is 4.42 Å². The highest BCUT2D eigenvalue weighted by Gasteiger charge is 2.37. The van der Waals surface area contributed by atoms with Crippen molar-refractivity contribution in [3.05, 3.63) is 41.1 Å². The lowest BCUT2D eigenvalue weighted by Gasteiger charge is -2.22. The molecular formula is C15H17F3N4O2. The van der Waals surface area contributed by atoms with E-state index in [1.54, 1.807) is 6.26 Å². The SMILES string of the molecule is Cn1cc(CNC(=O)N[C@@H]2CCCc3occc32)c(C(F)(F)F)n1. The molecule has 0 saturated carbocycles. The Kier molecular flexibility index (Phi) is 4.25. The molecule has 0 aliphatic heterocycles. The minimum absolute atomic E-state index is 0.0761. The Morgan fingerprint density at radius 1 is 1.50 bits per heavy atom. The highest BCUT2D eigenvalue weighted by Crippen LogP contribution is 2.31. The van der Waals surface area contributed by atoms with Crippen LogP contribution in [0.5, 0.6) is 0 Å². The lowest BCUT2D eigenvalue weighted by molar-refractivity contribution is -0.142. The zero-order valence-electron chi connectivity index (χ0n) is 13.0. The van der Waals surface area contributed by atoms with E-state index in [9.17, 15) is 18.0 Å². The standard InChI is InChI=1S/C15H17F3N4O2/c1-22-8-9(13(21-22)15(16,17)18)7-19-14(23)20-11-3-2-4-12-10(11)5-6-24-12/h5-6,8,11H,2-4,7H2,1H3,(H2,19,20,23)/t11-/m1/s1. The monoisotopic (exact) mass is 342 g/mol. The molecule has 2 aromatic heterocycles. The summed E-state index contributed by atoms with van der Waals surface area (Å²) in [5, 5.41) is 8.64. The fraction of sp³-hybridized carbons (Fsp3) is 0.467. The van der Waals surface area contributed by atoms with Crippen molar-refractivity contribution in [2.45, 2.75) is 38.0 Å². The molecule has 130 valence electrons. The Balaban J connectivity index is 1.62. The molecule has 0 aromatic carbocycles. The molecule has 9 heteroatoms. The zero-order valence-corrected chi connectivity index (χ0v) is 13.0. The van der Waals surface area contributed by atoms with E-state index < -0.39 is 17.9 Å². The summed E-state index contributed by atoms with van der Waals surface area (Å²) in [6, 6.07) is 1.09. The number of hydrogen-bond acceptors (Lipinski definition) is 3. The number of nitrogens with zero attached hydrogens (tertiary/aromatic N) is 2. The first-order valence-corrected chi connectivity index (χ1v) is 7.55. The van der Waals surface area contributed by atoms with Gasteiger partial charge in [0, 0.05) is 37.3 Å². The van der Waals surface area contributed by atoms with E-state index in [-0.39, 0.29) is 18.2 Å². The van der Waals surface area contributed by atoms with Gasteiger partial charge in [-0.05, 0) is 18.9 Å². The molecule has 2 N–H and O–H groups in total. The topological polar surface area (TPSA) is 72.1 Å². The molecule has 0 unspecified atom stereocenters. The number of urea groups is 1. The van der Waals surface area contributed by atoms with Crippen LogP contribution in [0.3, 0.4) is 0 Å².